The minimum absolute atomic E-state index is 0.0713. The lowest BCUT2D eigenvalue weighted by Crippen LogP contribution is -2.32. The van der Waals surface area contributed by atoms with Crippen molar-refractivity contribution in [2.24, 2.45) is 0 Å². The van der Waals surface area contributed by atoms with Gasteiger partial charge in [0.05, 0.1) is 0 Å². The average Bonchev–Trinajstić information content (AvgIpc) is 2.73. The van der Waals surface area contributed by atoms with Crippen LogP contribution in [0.2, 0.25) is 0 Å². The van der Waals surface area contributed by atoms with Crippen molar-refractivity contribution in [2.45, 2.75) is 39.0 Å². The van der Waals surface area contributed by atoms with Crippen LogP contribution in [0.15, 0.2) is 18.3 Å². The lowest BCUT2D eigenvalue weighted by Gasteiger charge is -2.20. The monoisotopic (exact) mass is 261 g/mol. The Hall–Kier alpha value is -1.58. The number of pyridine rings is 1. The van der Waals surface area contributed by atoms with E-state index in [1.807, 2.05) is 17.0 Å². The number of aromatic nitrogens is 1. The van der Waals surface area contributed by atoms with Crippen LogP contribution >= 0.6 is 0 Å². The molecule has 0 radical (unpaired) electrons. The molecule has 4 heteroatoms. The number of amides is 1. The van der Waals surface area contributed by atoms with Crippen molar-refractivity contribution in [3.05, 3.63) is 24.0 Å². The molecule has 0 aromatic carbocycles. The summed E-state index contributed by atoms with van der Waals surface area (Å²) in [4.78, 5) is 18.6. The van der Waals surface area contributed by atoms with Crippen molar-refractivity contribution in [3.63, 3.8) is 0 Å². The van der Waals surface area contributed by atoms with Crippen molar-refractivity contribution < 1.29 is 4.79 Å². The summed E-state index contributed by atoms with van der Waals surface area (Å²) < 4.78 is 0. The Labute approximate surface area is 115 Å². The molecule has 1 saturated heterocycles. The number of carbonyl (C=O) groups excluding carboxylic acids is 1. The normalized spacial score (nSPS) is 15.9. The molecule has 0 saturated carbocycles. The van der Waals surface area contributed by atoms with E-state index in [0.29, 0.717) is 5.69 Å². The standard InChI is InChI=1S/C15H23N3O/c1-2-8-16-13-7-9-17-14(12-13)15(19)18-10-5-3-4-6-11-18/h7,9,12H,2-6,8,10-11H2,1H3,(H,16,17). The highest BCUT2D eigenvalue weighted by Crippen LogP contribution is 2.14. The van der Waals surface area contributed by atoms with Gasteiger partial charge in [0.2, 0.25) is 0 Å². The lowest BCUT2D eigenvalue weighted by atomic mass is 10.2. The second kappa shape index (κ2) is 7.12. The molecule has 4 nitrogen and oxygen atoms in total. The zero-order valence-corrected chi connectivity index (χ0v) is 11.7. The van der Waals surface area contributed by atoms with Gasteiger partial charge in [0.15, 0.2) is 0 Å². The first kappa shape index (κ1) is 13.8. The second-order valence-electron chi connectivity index (χ2n) is 5.06. The molecule has 2 rings (SSSR count). The first-order chi connectivity index (χ1) is 9.31. The molecule has 1 fully saturated rings. The molecule has 1 N–H and O–H groups in total. The molecule has 0 atom stereocenters. The highest BCUT2D eigenvalue weighted by Gasteiger charge is 2.18. The maximum atomic E-state index is 12.4. The summed E-state index contributed by atoms with van der Waals surface area (Å²) in [5, 5.41) is 3.29. The summed E-state index contributed by atoms with van der Waals surface area (Å²) in [5.41, 5.74) is 1.54. The van der Waals surface area contributed by atoms with Gasteiger partial charge in [-0.3, -0.25) is 9.78 Å². The summed E-state index contributed by atoms with van der Waals surface area (Å²) in [6.07, 6.45) is 7.46. The Balaban J connectivity index is 2.04. The molecule has 1 aromatic rings. The van der Waals surface area contributed by atoms with E-state index in [-0.39, 0.29) is 5.91 Å². The van der Waals surface area contributed by atoms with E-state index in [9.17, 15) is 4.79 Å². The molecular formula is C15H23N3O. The quantitative estimate of drug-likeness (QED) is 0.906. The fourth-order valence-corrected chi connectivity index (χ4v) is 2.36. The molecule has 0 spiro atoms. The number of likely N-dealkylation sites (tertiary alicyclic amines) is 1. The minimum Gasteiger partial charge on any atom is -0.385 e. The zero-order chi connectivity index (χ0) is 13.5. The third-order valence-corrected chi connectivity index (χ3v) is 3.45. The molecule has 1 aliphatic rings. The van der Waals surface area contributed by atoms with Gasteiger partial charge in [0, 0.05) is 31.5 Å². The molecule has 1 aromatic heterocycles. The third kappa shape index (κ3) is 3.94. The largest absolute Gasteiger partial charge is 0.385 e. The lowest BCUT2D eigenvalue weighted by molar-refractivity contribution is 0.0756. The van der Waals surface area contributed by atoms with Crippen LogP contribution in [0.25, 0.3) is 0 Å². The Morgan fingerprint density at radius 1 is 1.32 bits per heavy atom. The number of rotatable bonds is 4. The Morgan fingerprint density at radius 2 is 2.05 bits per heavy atom. The van der Waals surface area contributed by atoms with Crippen LogP contribution in [0.4, 0.5) is 5.69 Å². The predicted molar refractivity (Wildman–Crippen MR) is 77.4 cm³/mol. The molecule has 1 amide bonds. The van der Waals surface area contributed by atoms with Crippen molar-refractivity contribution >= 4 is 11.6 Å². The van der Waals surface area contributed by atoms with Crippen molar-refractivity contribution in [1.82, 2.24) is 9.88 Å². The highest BCUT2D eigenvalue weighted by atomic mass is 16.2. The number of nitrogens with zero attached hydrogens (tertiary/aromatic N) is 2. The summed E-state index contributed by atoms with van der Waals surface area (Å²) in [6.45, 7) is 4.78. The van der Waals surface area contributed by atoms with E-state index in [4.69, 9.17) is 0 Å². The van der Waals surface area contributed by atoms with Gasteiger partial charge in [-0.15, -0.1) is 0 Å². The number of hydrogen-bond acceptors (Lipinski definition) is 3. The SMILES string of the molecule is CCCNc1ccnc(C(=O)N2CCCCCC2)c1. The third-order valence-electron chi connectivity index (χ3n) is 3.45. The minimum atomic E-state index is 0.0713. The van der Waals surface area contributed by atoms with Crippen LogP contribution in [-0.4, -0.2) is 35.4 Å². The fourth-order valence-electron chi connectivity index (χ4n) is 2.36. The Morgan fingerprint density at radius 3 is 2.74 bits per heavy atom. The van der Waals surface area contributed by atoms with Crippen LogP contribution in [-0.2, 0) is 0 Å². The zero-order valence-electron chi connectivity index (χ0n) is 11.7. The number of carbonyl (C=O) groups is 1. The van der Waals surface area contributed by atoms with Gasteiger partial charge in [-0.05, 0) is 31.4 Å². The van der Waals surface area contributed by atoms with Gasteiger partial charge in [0.25, 0.3) is 5.91 Å². The van der Waals surface area contributed by atoms with Crippen LogP contribution in [0.5, 0.6) is 0 Å². The van der Waals surface area contributed by atoms with E-state index in [2.05, 4.69) is 17.2 Å². The molecule has 104 valence electrons. The van der Waals surface area contributed by atoms with E-state index < -0.39 is 0 Å². The van der Waals surface area contributed by atoms with Gasteiger partial charge in [-0.25, -0.2) is 0 Å². The first-order valence-electron chi connectivity index (χ1n) is 7.30. The van der Waals surface area contributed by atoms with Crippen molar-refractivity contribution in [2.75, 3.05) is 25.0 Å². The van der Waals surface area contributed by atoms with Gasteiger partial charge < -0.3 is 10.2 Å². The summed E-state index contributed by atoms with van der Waals surface area (Å²) in [7, 11) is 0. The predicted octanol–water partition coefficient (Wildman–Crippen LogP) is 2.92. The fraction of sp³-hybridized carbons (Fsp3) is 0.600. The number of anilines is 1. The molecule has 0 aliphatic carbocycles. The smallest absolute Gasteiger partial charge is 0.272 e. The molecule has 0 unspecified atom stereocenters. The van der Waals surface area contributed by atoms with Gasteiger partial charge in [-0.1, -0.05) is 19.8 Å². The van der Waals surface area contributed by atoms with Crippen molar-refractivity contribution in [3.8, 4) is 0 Å². The van der Waals surface area contributed by atoms with Gasteiger partial charge in [-0.2, -0.15) is 0 Å². The molecule has 0 bridgehead atoms. The van der Waals surface area contributed by atoms with E-state index in [0.717, 1.165) is 44.6 Å². The van der Waals surface area contributed by atoms with Crippen LogP contribution in [0, 0.1) is 0 Å². The number of nitrogens with one attached hydrogen (secondary N) is 1. The van der Waals surface area contributed by atoms with E-state index >= 15 is 0 Å². The summed E-state index contributed by atoms with van der Waals surface area (Å²) in [6, 6.07) is 3.78. The van der Waals surface area contributed by atoms with E-state index in [1.54, 1.807) is 6.20 Å². The topological polar surface area (TPSA) is 45.2 Å². The van der Waals surface area contributed by atoms with E-state index in [1.165, 1.54) is 12.8 Å². The van der Waals surface area contributed by atoms with Gasteiger partial charge in [0.1, 0.15) is 5.69 Å². The molecule has 19 heavy (non-hydrogen) atoms. The Bertz CT molecular complexity index is 412. The highest BCUT2D eigenvalue weighted by molar-refractivity contribution is 5.93. The maximum Gasteiger partial charge on any atom is 0.272 e. The summed E-state index contributed by atoms with van der Waals surface area (Å²) in [5.74, 6) is 0.0713. The average molecular weight is 261 g/mol. The summed E-state index contributed by atoms with van der Waals surface area (Å²) >= 11 is 0. The van der Waals surface area contributed by atoms with Crippen LogP contribution in [0.1, 0.15) is 49.5 Å². The maximum absolute atomic E-state index is 12.4. The van der Waals surface area contributed by atoms with Crippen LogP contribution < -0.4 is 5.32 Å². The number of hydrogen-bond donors (Lipinski definition) is 1. The Kier molecular flexibility index (Phi) is 5.19. The van der Waals surface area contributed by atoms with Gasteiger partial charge >= 0.3 is 0 Å². The molecule has 1 aliphatic heterocycles. The molecule has 2 heterocycles. The first-order valence-corrected chi connectivity index (χ1v) is 7.30. The molecular weight excluding hydrogens is 238 g/mol. The van der Waals surface area contributed by atoms with Crippen molar-refractivity contribution in [1.29, 1.82) is 0 Å². The van der Waals surface area contributed by atoms with Crippen LogP contribution in [0.3, 0.4) is 0 Å². The second-order valence-corrected chi connectivity index (χ2v) is 5.06.